The molecule has 37 heavy (non-hydrogen) atoms. The number of hydrogen-bond acceptors (Lipinski definition) is 1. The highest BCUT2D eigenvalue weighted by Gasteiger charge is 2.56. The summed E-state index contributed by atoms with van der Waals surface area (Å²) in [5.74, 6) is 0.958. The zero-order chi connectivity index (χ0) is 26.2. The minimum atomic E-state index is 0.0710. The third kappa shape index (κ3) is 3.40. The minimum Gasteiger partial charge on any atom is -0.292 e. The molecule has 4 aromatic carbocycles. The maximum Gasteiger partial charge on any atom is 0.145 e. The lowest BCUT2D eigenvalue weighted by molar-refractivity contribution is 0.125. The van der Waals surface area contributed by atoms with Crippen molar-refractivity contribution in [1.82, 2.24) is 9.55 Å². The molecule has 0 saturated heterocycles. The Morgan fingerprint density at radius 2 is 1.24 bits per heavy atom. The highest BCUT2D eigenvalue weighted by molar-refractivity contribution is 9.10. The van der Waals surface area contributed by atoms with Crippen molar-refractivity contribution in [2.75, 3.05) is 0 Å². The van der Waals surface area contributed by atoms with Crippen LogP contribution in [0.1, 0.15) is 52.7 Å². The van der Waals surface area contributed by atoms with Gasteiger partial charge in [-0.2, -0.15) is 0 Å². The highest BCUT2D eigenvalue weighted by atomic mass is 79.9. The molecule has 0 bridgehead atoms. The minimum absolute atomic E-state index is 0.0710. The lowest BCUT2D eigenvalue weighted by Crippen LogP contribution is -2.42. The topological polar surface area (TPSA) is 17.8 Å². The Bertz CT molecular complexity index is 1640. The Labute approximate surface area is 228 Å². The number of rotatable bonds is 3. The van der Waals surface area contributed by atoms with E-state index in [1.165, 1.54) is 22.3 Å². The molecule has 1 aliphatic carbocycles. The van der Waals surface area contributed by atoms with Crippen molar-refractivity contribution in [3.63, 3.8) is 0 Å². The second-order valence-corrected chi connectivity index (χ2v) is 12.8. The average molecular weight is 550 g/mol. The van der Waals surface area contributed by atoms with E-state index in [0.717, 1.165) is 32.6 Å². The number of nitrogens with zero attached hydrogens (tertiary/aromatic N) is 2. The van der Waals surface area contributed by atoms with Gasteiger partial charge in [0.05, 0.1) is 11.0 Å². The predicted molar refractivity (Wildman–Crippen MR) is 159 cm³/mol. The summed E-state index contributed by atoms with van der Waals surface area (Å²) in [6, 6.07) is 32.5. The van der Waals surface area contributed by atoms with Crippen LogP contribution < -0.4 is 0 Å². The van der Waals surface area contributed by atoms with Gasteiger partial charge in [0.25, 0.3) is 0 Å². The molecule has 1 heterocycles. The number of halogens is 1. The molecule has 0 unspecified atom stereocenters. The van der Waals surface area contributed by atoms with Crippen molar-refractivity contribution < 1.29 is 0 Å². The largest absolute Gasteiger partial charge is 0.292 e. The number of imidazole rings is 1. The first-order valence-electron chi connectivity index (χ1n) is 13.0. The molecule has 2 nitrogen and oxygen atoms in total. The van der Waals surface area contributed by atoms with Crippen LogP contribution in [0.2, 0.25) is 0 Å². The second-order valence-electron chi connectivity index (χ2n) is 11.9. The Hall–Kier alpha value is -3.17. The maximum absolute atomic E-state index is 4.99. The van der Waals surface area contributed by atoms with Crippen molar-refractivity contribution in [1.29, 1.82) is 0 Å². The van der Waals surface area contributed by atoms with Crippen molar-refractivity contribution in [2.24, 2.45) is 5.41 Å². The van der Waals surface area contributed by atoms with Crippen LogP contribution in [-0.2, 0) is 10.8 Å². The van der Waals surface area contributed by atoms with E-state index in [1.807, 2.05) is 12.1 Å². The summed E-state index contributed by atoms with van der Waals surface area (Å²) in [6.07, 6.45) is 0. The van der Waals surface area contributed by atoms with Crippen LogP contribution in [0.15, 0.2) is 95.5 Å². The molecule has 3 heteroatoms. The molecule has 0 saturated carbocycles. The second kappa shape index (κ2) is 8.16. The van der Waals surface area contributed by atoms with E-state index in [1.54, 1.807) is 0 Å². The first-order chi connectivity index (χ1) is 17.5. The van der Waals surface area contributed by atoms with Crippen LogP contribution in [0.25, 0.3) is 39.2 Å². The number of fused-ring (bicyclic) bond motifs is 2. The molecule has 1 aromatic heterocycles. The Balaban J connectivity index is 1.48. The number of hydrogen-bond donors (Lipinski definition) is 0. The first-order valence-corrected chi connectivity index (χ1v) is 13.8. The maximum atomic E-state index is 4.99. The summed E-state index contributed by atoms with van der Waals surface area (Å²) >= 11 is 3.93. The van der Waals surface area contributed by atoms with Crippen LogP contribution in [0.5, 0.6) is 0 Å². The summed E-state index contributed by atoms with van der Waals surface area (Å²) in [7, 11) is 0. The number of para-hydroxylation sites is 2. The van der Waals surface area contributed by atoms with Crippen molar-refractivity contribution in [3.8, 4) is 28.2 Å². The average Bonchev–Trinajstić information content (AvgIpc) is 3.32. The fourth-order valence-corrected chi connectivity index (χ4v) is 6.71. The van der Waals surface area contributed by atoms with Crippen LogP contribution in [0.3, 0.4) is 0 Å². The molecule has 1 aliphatic rings. The van der Waals surface area contributed by atoms with Gasteiger partial charge in [-0.1, -0.05) is 112 Å². The normalized spacial score (nSPS) is 17.2. The molecule has 0 N–H and O–H groups in total. The van der Waals surface area contributed by atoms with Gasteiger partial charge in [-0.05, 0) is 74.9 Å². The predicted octanol–water partition coefficient (Wildman–Crippen LogP) is 9.72. The molecule has 0 radical (unpaired) electrons. The van der Waals surface area contributed by atoms with Gasteiger partial charge in [-0.3, -0.25) is 4.57 Å². The van der Waals surface area contributed by atoms with Gasteiger partial charge < -0.3 is 0 Å². The van der Waals surface area contributed by atoms with E-state index >= 15 is 0 Å². The van der Waals surface area contributed by atoms with Gasteiger partial charge in [0.15, 0.2) is 0 Å². The van der Waals surface area contributed by atoms with E-state index in [2.05, 4.69) is 141 Å². The quantitative estimate of drug-likeness (QED) is 0.219. The van der Waals surface area contributed by atoms with Crippen LogP contribution in [0, 0.1) is 5.41 Å². The van der Waals surface area contributed by atoms with E-state index in [-0.39, 0.29) is 16.2 Å². The molecule has 186 valence electrons. The van der Waals surface area contributed by atoms with Crippen LogP contribution >= 0.6 is 15.9 Å². The molecular weight excluding hydrogens is 516 g/mol. The van der Waals surface area contributed by atoms with Gasteiger partial charge >= 0.3 is 0 Å². The fraction of sp³-hybridized carbons (Fsp3) is 0.265. The third-order valence-corrected chi connectivity index (χ3v) is 10.3. The van der Waals surface area contributed by atoms with Gasteiger partial charge in [-0.15, -0.1) is 0 Å². The first kappa shape index (κ1) is 24.2. The summed E-state index contributed by atoms with van der Waals surface area (Å²) in [6.45, 7) is 14.4. The molecular formula is C34H33BrN2. The molecule has 0 amide bonds. The molecule has 0 spiro atoms. The van der Waals surface area contributed by atoms with E-state index in [0.29, 0.717) is 0 Å². The Morgan fingerprint density at radius 1 is 0.649 bits per heavy atom. The van der Waals surface area contributed by atoms with E-state index in [9.17, 15) is 0 Å². The Kier molecular flexibility index (Phi) is 5.34. The van der Waals surface area contributed by atoms with Gasteiger partial charge in [0.1, 0.15) is 5.82 Å². The van der Waals surface area contributed by atoms with Gasteiger partial charge in [0.2, 0.25) is 0 Å². The van der Waals surface area contributed by atoms with E-state index < -0.39 is 0 Å². The van der Waals surface area contributed by atoms with Crippen LogP contribution in [0.4, 0.5) is 0 Å². The SMILES string of the molecule is CC1(C)c2cc(Br)c(-c3ccc(-n4c(-c5ccccc5)nc5ccccc54)cc3)cc2C(C)(C)C1(C)C. The number of aromatic nitrogens is 2. The Morgan fingerprint density at radius 3 is 1.92 bits per heavy atom. The molecule has 0 fully saturated rings. The van der Waals surface area contributed by atoms with E-state index in [4.69, 9.17) is 4.98 Å². The standard InChI is InChI=1S/C34H33BrN2/c1-32(2)26-20-25(28(35)21-27(26)33(3,4)34(32,5)6)22-16-18-24(19-17-22)37-30-15-11-10-14-29(30)36-31(37)23-12-8-7-9-13-23/h7-21H,1-6H3. The molecule has 6 rings (SSSR count). The summed E-state index contributed by atoms with van der Waals surface area (Å²) in [4.78, 5) is 4.99. The van der Waals surface area contributed by atoms with Gasteiger partial charge in [0, 0.05) is 15.7 Å². The molecule has 0 aliphatic heterocycles. The summed E-state index contributed by atoms with van der Waals surface area (Å²) in [5.41, 5.74) is 9.98. The monoisotopic (exact) mass is 548 g/mol. The smallest absolute Gasteiger partial charge is 0.145 e. The van der Waals surface area contributed by atoms with Crippen molar-refractivity contribution in [3.05, 3.63) is 107 Å². The third-order valence-electron chi connectivity index (χ3n) is 9.61. The lowest BCUT2D eigenvalue weighted by atomic mass is 9.59. The van der Waals surface area contributed by atoms with Crippen molar-refractivity contribution in [2.45, 2.75) is 52.4 Å². The number of benzene rings is 4. The molecule has 0 atom stereocenters. The zero-order valence-corrected chi connectivity index (χ0v) is 24.0. The highest BCUT2D eigenvalue weighted by Crippen LogP contribution is 2.62. The van der Waals surface area contributed by atoms with Crippen LogP contribution in [-0.4, -0.2) is 9.55 Å². The molecule has 5 aromatic rings. The lowest BCUT2D eigenvalue weighted by Gasteiger charge is -2.44. The van der Waals surface area contributed by atoms with Crippen molar-refractivity contribution >= 4 is 27.0 Å². The summed E-state index contributed by atoms with van der Waals surface area (Å²) < 4.78 is 3.42. The zero-order valence-electron chi connectivity index (χ0n) is 22.4. The van der Waals surface area contributed by atoms with Gasteiger partial charge in [-0.25, -0.2) is 4.98 Å². The fourth-order valence-electron chi connectivity index (χ4n) is 6.14. The summed E-state index contributed by atoms with van der Waals surface area (Å²) in [5, 5.41) is 0.